The zero-order valence-corrected chi connectivity index (χ0v) is 43.1. The highest BCUT2D eigenvalue weighted by molar-refractivity contribution is 6.68. The minimum absolute atomic E-state index is 0.0598. The van der Waals surface area contributed by atoms with Crippen molar-refractivity contribution in [3.63, 3.8) is 0 Å². The molecule has 13 heteroatoms. The Labute approximate surface area is 406 Å². The van der Waals surface area contributed by atoms with Gasteiger partial charge in [-0.2, -0.15) is 0 Å². The van der Waals surface area contributed by atoms with E-state index in [1.165, 1.54) is 56.7 Å². The van der Waals surface area contributed by atoms with Gasteiger partial charge in [-0.05, 0) is 108 Å². The summed E-state index contributed by atoms with van der Waals surface area (Å²) >= 11 is 5.23. The van der Waals surface area contributed by atoms with Crippen LogP contribution in [0.2, 0.25) is 0 Å². The summed E-state index contributed by atoms with van der Waals surface area (Å²) in [5.41, 5.74) is 13.2. The van der Waals surface area contributed by atoms with Crippen molar-refractivity contribution < 1.29 is 28.7 Å². The quantitative estimate of drug-likeness (QED) is 0.0421. The lowest BCUT2D eigenvalue weighted by Crippen LogP contribution is -2.56. The van der Waals surface area contributed by atoms with Crippen molar-refractivity contribution in [2.45, 2.75) is 158 Å². The molecule has 0 saturated heterocycles. The molecule has 3 N–H and O–H groups in total. The van der Waals surface area contributed by atoms with Gasteiger partial charge >= 0.3 is 0 Å². The van der Waals surface area contributed by atoms with Crippen LogP contribution < -0.4 is 25.8 Å². The average molecular weight is 944 g/mol. The second-order valence-electron chi connectivity index (χ2n) is 18.7. The molecule has 0 bridgehead atoms. The summed E-state index contributed by atoms with van der Waals surface area (Å²) in [6, 6.07) is 21.9. The van der Waals surface area contributed by atoms with E-state index in [2.05, 4.69) is 95.5 Å². The van der Waals surface area contributed by atoms with E-state index in [0.29, 0.717) is 16.7 Å². The lowest BCUT2D eigenvalue weighted by atomic mass is 9.82. The molecule has 2 aromatic heterocycles. The standard InChI is InChI=1S/C27H39N3O3.C20H34N2O.C7H6ClNO2/c1-7-9-10-11-14-23(27(3,4)5)30(26(32)22-13-12-19-28-25(22)33-6)29-24(31)21-17-15-20(8-2)16-18-21;1-6-8-9-10-11-18(20(3,4)5)21-22-19(23)17-14-12-16(7-2)13-15-17;1-11-7-5(6(8)10)3-2-4-9-7/h12-13,15-19,23H,7-11,14H2,1-6H3,(H,29,31);12-15,18,21H,6-11H2,1-5H3,(H,22,23);2-4H,1H3. The molecule has 0 radical (unpaired) electrons. The zero-order valence-electron chi connectivity index (χ0n) is 42.4. The van der Waals surface area contributed by atoms with Gasteiger partial charge in [-0.15, -0.1) is 0 Å². The number of pyridine rings is 2. The van der Waals surface area contributed by atoms with Crippen molar-refractivity contribution in [1.29, 1.82) is 0 Å². The summed E-state index contributed by atoms with van der Waals surface area (Å²) in [7, 11) is 2.93. The molecule has 0 aliphatic carbocycles. The summed E-state index contributed by atoms with van der Waals surface area (Å²) in [5, 5.41) is 0.941. The summed E-state index contributed by atoms with van der Waals surface area (Å²) < 4.78 is 10.1. The molecule has 0 spiro atoms. The van der Waals surface area contributed by atoms with Gasteiger partial charge in [0, 0.05) is 29.6 Å². The first kappa shape index (κ1) is 57.8. The van der Waals surface area contributed by atoms with Crippen molar-refractivity contribution in [2.75, 3.05) is 14.2 Å². The lowest BCUT2D eigenvalue weighted by molar-refractivity contribution is 0.0263. The number of benzene rings is 2. The fourth-order valence-corrected chi connectivity index (χ4v) is 7.36. The molecular weight excluding hydrogens is 864 g/mol. The van der Waals surface area contributed by atoms with Crippen LogP contribution in [0.3, 0.4) is 0 Å². The van der Waals surface area contributed by atoms with Gasteiger partial charge in [-0.3, -0.25) is 30.0 Å². The molecule has 12 nitrogen and oxygen atoms in total. The van der Waals surface area contributed by atoms with Crippen LogP contribution >= 0.6 is 11.6 Å². The van der Waals surface area contributed by atoms with E-state index in [0.717, 1.165) is 56.9 Å². The number of halogens is 1. The number of nitrogens with one attached hydrogen (secondary N) is 3. The third kappa shape index (κ3) is 20.2. The van der Waals surface area contributed by atoms with Crippen molar-refractivity contribution >= 4 is 34.6 Å². The number of nitrogens with zero attached hydrogens (tertiary/aromatic N) is 3. The van der Waals surface area contributed by atoms with Gasteiger partial charge in [0.15, 0.2) is 0 Å². The Bertz CT molecular complexity index is 2080. The first-order valence-corrected chi connectivity index (χ1v) is 24.3. The fraction of sp³-hybridized carbons (Fsp3) is 0.519. The van der Waals surface area contributed by atoms with E-state index in [4.69, 9.17) is 21.1 Å². The van der Waals surface area contributed by atoms with Crippen LogP contribution in [0.1, 0.15) is 186 Å². The van der Waals surface area contributed by atoms with Crippen molar-refractivity contribution in [3.8, 4) is 11.8 Å². The molecule has 67 heavy (non-hydrogen) atoms. The molecule has 0 fully saturated rings. The Hall–Kier alpha value is -5.33. The number of hydrogen-bond acceptors (Lipinski definition) is 9. The van der Waals surface area contributed by atoms with Gasteiger partial charge < -0.3 is 9.47 Å². The molecule has 4 rings (SSSR count). The highest BCUT2D eigenvalue weighted by Gasteiger charge is 2.36. The molecule has 0 aliphatic rings. The van der Waals surface area contributed by atoms with Crippen LogP contribution in [0.15, 0.2) is 85.2 Å². The molecule has 368 valence electrons. The molecule has 4 aromatic rings. The maximum atomic E-state index is 13.8. The molecule has 0 saturated carbocycles. The number of methoxy groups -OCH3 is 2. The van der Waals surface area contributed by atoms with Gasteiger partial charge in [0.2, 0.25) is 11.8 Å². The van der Waals surface area contributed by atoms with Crippen LogP contribution in [0, 0.1) is 10.8 Å². The normalized spacial score (nSPS) is 12.0. The summed E-state index contributed by atoms with van der Waals surface area (Å²) in [6.07, 6.45) is 16.2. The first-order valence-electron chi connectivity index (χ1n) is 23.9. The predicted octanol–water partition coefficient (Wildman–Crippen LogP) is 12.2. The van der Waals surface area contributed by atoms with E-state index >= 15 is 0 Å². The number of rotatable bonds is 21. The number of hydrogen-bond donors (Lipinski definition) is 3. The zero-order chi connectivity index (χ0) is 50.0. The largest absolute Gasteiger partial charge is 0.480 e. The van der Waals surface area contributed by atoms with Gasteiger partial charge in [0.05, 0.1) is 25.8 Å². The van der Waals surface area contributed by atoms with Crippen LogP contribution in [-0.2, 0) is 12.8 Å². The minimum atomic E-state index is -0.560. The van der Waals surface area contributed by atoms with Gasteiger partial charge in [0.1, 0.15) is 5.56 Å². The Morgan fingerprint density at radius 3 is 1.49 bits per heavy atom. The second-order valence-corrected chi connectivity index (χ2v) is 19.1. The van der Waals surface area contributed by atoms with E-state index in [-0.39, 0.29) is 58.0 Å². The summed E-state index contributed by atoms with van der Waals surface area (Å²) in [4.78, 5) is 57.9. The Morgan fingerprint density at radius 1 is 0.612 bits per heavy atom. The van der Waals surface area contributed by atoms with E-state index in [1.54, 1.807) is 42.6 Å². The maximum absolute atomic E-state index is 13.8. The number of amides is 3. The van der Waals surface area contributed by atoms with Crippen molar-refractivity contribution in [2.24, 2.45) is 10.8 Å². The summed E-state index contributed by atoms with van der Waals surface area (Å²) in [5.74, 6) is -0.193. The highest BCUT2D eigenvalue weighted by Crippen LogP contribution is 2.31. The number of unbranched alkanes of at least 4 members (excludes halogenated alkanes) is 6. The van der Waals surface area contributed by atoms with Gasteiger partial charge in [-0.25, -0.2) is 20.4 Å². The Morgan fingerprint density at radius 2 is 1.07 bits per heavy atom. The third-order valence-electron chi connectivity index (χ3n) is 11.5. The molecular formula is C54H79ClN6O6. The number of carbonyl (C=O) groups is 4. The van der Waals surface area contributed by atoms with Gasteiger partial charge in [0.25, 0.3) is 23.0 Å². The van der Waals surface area contributed by atoms with Crippen molar-refractivity contribution in [1.82, 2.24) is 31.3 Å². The third-order valence-corrected chi connectivity index (χ3v) is 11.7. The Balaban J connectivity index is 0.000000390. The van der Waals surface area contributed by atoms with Crippen LogP contribution in [0.25, 0.3) is 0 Å². The lowest BCUT2D eigenvalue weighted by Gasteiger charge is -2.40. The van der Waals surface area contributed by atoms with E-state index in [9.17, 15) is 19.2 Å². The molecule has 2 aromatic carbocycles. The number of ether oxygens (including phenoxy) is 2. The van der Waals surface area contributed by atoms with E-state index < -0.39 is 5.24 Å². The number of hydrazine groups is 2. The predicted molar refractivity (Wildman–Crippen MR) is 272 cm³/mol. The van der Waals surface area contributed by atoms with Crippen LogP contribution in [0.5, 0.6) is 11.8 Å². The van der Waals surface area contributed by atoms with Gasteiger partial charge in [-0.1, -0.05) is 145 Å². The molecule has 3 amide bonds. The first-order chi connectivity index (χ1) is 31.9. The Kier molecular flexibility index (Phi) is 26.0. The molecule has 2 unspecified atom stereocenters. The maximum Gasteiger partial charge on any atom is 0.278 e. The topological polar surface area (TPSA) is 152 Å². The fourth-order valence-electron chi connectivity index (χ4n) is 7.21. The summed E-state index contributed by atoms with van der Waals surface area (Å²) in [6.45, 7) is 21.5. The minimum Gasteiger partial charge on any atom is -0.480 e. The number of aryl methyl sites for hydroxylation is 2. The highest BCUT2D eigenvalue weighted by atomic mass is 35.5. The monoisotopic (exact) mass is 943 g/mol. The number of carbonyl (C=O) groups excluding carboxylic acids is 4. The number of aromatic nitrogens is 2. The average Bonchev–Trinajstić information content (AvgIpc) is 3.32. The molecule has 2 heterocycles. The molecule has 0 aliphatic heterocycles. The molecule has 2 atom stereocenters. The van der Waals surface area contributed by atoms with Crippen LogP contribution in [0.4, 0.5) is 0 Å². The SMILES string of the molecule is CCCCCCC(N(NC(=O)c1ccc(CC)cc1)C(=O)c1cccnc1OC)C(C)(C)C.CCCCCCC(NNC(=O)c1ccc(CC)cc1)C(C)(C)C.COc1ncccc1C(=O)Cl. The smallest absolute Gasteiger partial charge is 0.278 e. The van der Waals surface area contributed by atoms with Crippen LogP contribution in [-0.4, -0.2) is 64.2 Å². The second kappa shape index (κ2) is 30.1. The van der Waals surface area contributed by atoms with Crippen molar-refractivity contribution in [3.05, 3.63) is 119 Å². The van der Waals surface area contributed by atoms with E-state index in [1.807, 2.05) is 36.4 Å².